The molecule has 9 heteroatoms. The normalized spacial score (nSPS) is 14.9. The third-order valence-electron chi connectivity index (χ3n) is 4.33. The number of piperazine rings is 1. The van der Waals surface area contributed by atoms with E-state index >= 15 is 0 Å². The molecule has 0 aliphatic carbocycles. The van der Waals surface area contributed by atoms with Crippen LogP contribution in [0.5, 0.6) is 0 Å². The summed E-state index contributed by atoms with van der Waals surface area (Å²) in [5, 5.41) is 5.64. The lowest BCUT2D eigenvalue weighted by Gasteiger charge is -2.34. The number of amides is 2. The Balaban J connectivity index is 1.53. The lowest BCUT2D eigenvalue weighted by molar-refractivity contribution is 0.0607. The van der Waals surface area contributed by atoms with Crippen LogP contribution < -0.4 is 5.32 Å². The van der Waals surface area contributed by atoms with Gasteiger partial charge in [0.2, 0.25) is 0 Å². The first kappa shape index (κ1) is 19.9. The molecule has 2 aromatic rings. The molecule has 0 radical (unpaired) electrons. The number of carbonyl (C=O) groups is 2. The second kappa shape index (κ2) is 8.93. The molecule has 0 saturated carbocycles. The zero-order valence-corrected chi connectivity index (χ0v) is 17.0. The number of hydrogen-bond acceptors (Lipinski definition) is 5. The van der Waals surface area contributed by atoms with Crippen molar-refractivity contribution in [1.82, 2.24) is 9.80 Å². The van der Waals surface area contributed by atoms with Gasteiger partial charge in [-0.25, -0.2) is 9.59 Å². The molecule has 1 N–H and O–H groups in total. The van der Waals surface area contributed by atoms with Gasteiger partial charge in [-0.3, -0.25) is 4.90 Å². The number of thiophene rings is 1. The summed E-state index contributed by atoms with van der Waals surface area (Å²) in [6, 6.07) is 7.11. The first-order valence-electron chi connectivity index (χ1n) is 8.36. The van der Waals surface area contributed by atoms with Gasteiger partial charge in [0, 0.05) is 32.7 Å². The highest BCUT2D eigenvalue weighted by molar-refractivity contribution is 7.12. The van der Waals surface area contributed by atoms with Crippen LogP contribution in [-0.4, -0.2) is 55.1 Å². The zero-order chi connectivity index (χ0) is 19.4. The summed E-state index contributed by atoms with van der Waals surface area (Å²) in [6.07, 6.45) is 0. The molecule has 1 aliphatic heterocycles. The quantitative estimate of drug-likeness (QED) is 0.742. The molecule has 1 aromatic carbocycles. The highest BCUT2D eigenvalue weighted by Gasteiger charge is 2.23. The molecule has 1 saturated heterocycles. The highest BCUT2D eigenvalue weighted by atomic mass is 35.5. The largest absolute Gasteiger partial charge is 0.465 e. The molecular formula is C18H19Cl2N3O3S. The van der Waals surface area contributed by atoms with Crippen LogP contribution in [0.15, 0.2) is 29.6 Å². The molecule has 1 aromatic heterocycles. The van der Waals surface area contributed by atoms with Crippen LogP contribution >= 0.6 is 34.5 Å². The average Bonchev–Trinajstić information content (AvgIpc) is 3.12. The van der Waals surface area contributed by atoms with Gasteiger partial charge >= 0.3 is 12.0 Å². The number of nitrogens with one attached hydrogen (secondary N) is 1. The van der Waals surface area contributed by atoms with Gasteiger partial charge < -0.3 is 15.0 Å². The highest BCUT2D eigenvalue weighted by Crippen LogP contribution is 2.25. The number of carbonyl (C=O) groups excluding carboxylic acids is 2. The molecule has 2 amide bonds. The standard InChI is InChI=1S/C18H19Cl2N3O3S/c1-26-17(24)16-15(4-9-27-16)21-18(25)23-7-5-22(6-8-23)11-12-2-3-13(19)14(20)10-12/h2-4,9-10H,5-8,11H2,1H3,(H,21,25). The molecular weight excluding hydrogens is 409 g/mol. The number of methoxy groups -OCH3 is 1. The molecule has 3 rings (SSSR count). The van der Waals surface area contributed by atoms with Crippen molar-refractivity contribution >= 4 is 52.2 Å². The third-order valence-corrected chi connectivity index (χ3v) is 5.96. The Hall–Kier alpha value is -1.80. The van der Waals surface area contributed by atoms with E-state index in [4.69, 9.17) is 27.9 Å². The maximum Gasteiger partial charge on any atom is 0.350 e. The molecule has 2 heterocycles. The fourth-order valence-electron chi connectivity index (χ4n) is 2.86. The van der Waals surface area contributed by atoms with Crippen molar-refractivity contribution in [3.05, 3.63) is 50.1 Å². The Morgan fingerprint density at radius 1 is 1.15 bits per heavy atom. The molecule has 0 spiro atoms. The van der Waals surface area contributed by atoms with E-state index in [1.54, 1.807) is 22.4 Å². The molecule has 0 bridgehead atoms. The topological polar surface area (TPSA) is 61.9 Å². The summed E-state index contributed by atoms with van der Waals surface area (Å²) < 4.78 is 4.73. The summed E-state index contributed by atoms with van der Waals surface area (Å²) in [5.74, 6) is -0.452. The fourth-order valence-corrected chi connectivity index (χ4v) is 3.94. The van der Waals surface area contributed by atoms with E-state index in [9.17, 15) is 9.59 Å². The van der Waals surface area contributed by atoms with Crippen LogP contribution in [0.4, 0.5) is 10.5 Å². The minimum Gasteiger partial charge on any atom is -0.465 e. The van der Waals surface area contributed by atoms with Crippen LogP contribution in [0.3, 0.4) is 0 Å². The number of anilines is 1. The van der Waals surface area contributed by atoms with E-state index in [1.807, 2.05) is 12.1 Å². The number of urea groups is 1. The Bertz CT molecular complexity index is 835. The zero-order valence-electron chi connectivity index (χ0n) is 14.7. The van der Waals surface area contributed by atoms with Crippen molar-refractivity contribution in [2.45, 2.75) is 6.54 Å². The molecule has 0 atom stereocenters. The van der Waals surface area contributed by atoms with Crippen molar-refractivity contribution in [3.63, 3.8) is 0 Å². The maximum absolute atomic E-state index is 12.5. The predicted molar refractivity (Wildman–Crippen MR) is 108 cm³/mol. The summed E-state index contributed by atoms with van der Waals surface area (Å²) in [4.78, 5) is 28.6. The van der Waals surface area contributed by atoms with Gasteiger partial charge in [0.15, 0.2) is 0 Å². The molecule has 6 nitrogen and oxygen atoms in total. The average molecular weight is 428 g/mol. The molecule has 27 heavy (non-hydrogen) atoms. The van der Waals surface area contributed by atoms with Gasteiger partial charge in [-0.1, -0.05) is 29.3 Å². The molecule has 1 aliphatic rings. The van der Waals surface area contributed by atoms with Crippen LogP contribution in [0.2, 0.25) is 10.0 Å². The van der Waals surface area contributed by atoms with Gasteiger partial charge in [-0.2, -0.15) is 0 Å². The number of halogens is 2. The number of rotatable bonds is 4. The lowest BCUT2D eigenvalue weighted by atomic mass is 10.2. The number of nitrogens with zero attached hydrogens (tertiary/aromatic N) is 2. The van der Waals surface area contributed by atoms with Crippen molar-refractivity contribution in [2.24, 2.45) is 0 Å². The van der Waals surface area contributed by atoms with Crippen molar-refractivity contribution in [2.75, 3.05) is 38.6 Å². The van der Waals surface area contributed by atoms with Crippen LogP contribution in [-0.2, 0) is 11.3 Å². The van der Waals surface area contributed by atoms with E-state index < -0.39 is 5.97 Å². The minimum absolute atomic E-state index is 0.215. The second-order valence-electron chi connectivity index (χ2n) is 6.10. The first-order valence-corrected chi connectivity index (χ1v) is 9.99. The Labute approximate surface area is 171 Å². The smallest absolute Gasteiger partial charge is 0.350 e. The number of hydrogen-bond donors (Lipinski definition) is 1. The Morgan fingerprint density at radius 3 is 2.56 bits per heavy atom. The van der Waals surface area contributed by atoms with E-state index in [0.717, 1.165) is 25.2 Å². The van der Waals surface area contributed by atoms with E-state index in [2.05, 4.69) is 10.2 Å². The summed E-state index contributed by atoms with van der Waals surface area (Å²) >= 11 is 13.3. The third kappa shape index (κ3) is 4.93. The minimum atomic E-state index is -0.452. The monoisotopic (exact) mass is 427 g/mol. The Kier molecular flexibility index (Phi) is 6.59. The number of ether oxygens (including phenoxy) is 1. The maximum atomic E-state index is 12.5. The van der Waals surface area contributed by atoms with E-state index in [0.29, 0.717) is 33.7 Å². The lowest BCUT2D eigenvalue weighted by Crippen LogP contribution is -2.49. The van der Waals surface area contributed by atoms with Crippen LogP contribution in [0.1, 0.15) is 15.2 Å². The van der Waals surface area contributed by atoms with Crippen LogP contribution in [0.25, 0.3) is 0 Å². The summed E-state index contributed by atoms with van der Waals surface area (Å²) in [7, 11) is 1.32. The number of benzene rings is 1. The van der Waals surface area contributed by atoms with Crippen LogP contribution in [0, 0.1) is 0 Å². The van der Waals surface area contributed by atoms with Gasteiger partial charge in [0.05, 0.1) is 22.8 Å². The van der Waals surface area contributed by atoms with Crippen molar-refractivity contribution < 1.29 is 14.3 Å². The molecule has 0 unspecified atom stereocenters. The van der Waals surface area contributed by atoms with Gasteiger partial charge in [0.1, 0.15) is 4.88 Å². The number of esters is 1. The fraction of sp³-hybridized carbons (Fsp3) is 0.333. The SMILES string of the molecule is COC(=O)c1sccc1NC(=O)N1CCN(Cc2ccc(Cl)c(Cl)c2)CC1. The molecule has 1 fully saturated rings. The van der Waals surface area contributed by atoms with Gasteiger partial charge in [-0.05, 0) is 29.1 Å². The van der Waals surface area contributed by atoms with E-state index in [-0.39, 0.29) is 6.03 Å². The Morgan fingerprint density at radius 2 is 1.89 bits per heavy atom. The first-order chi connectivity index (χ1) is 13.0. The summed E-state index contributed by atoms with van der Waals surface area (Å²) in [5.41, 5.74) is 1.57. The van der Waals surface area contributed by atoms with Crippen molar-refractivity contribution in [1.29, 1.82) is 0 Å². The predicted octanol–water partition coefficient (Wildman–Crippen LogP) is 4.19. The molecule has 144 valence electrons. The van der Waals surface area contributed by atoms with E-state index in [1.165, 1.54) is 18.4 Å². The van der Waals surface area contributed by atoms with Gasteiger partial charge in [0.25, 0.3) is 0 Å². The van der Waals surface area contributed by atoms with Gasteiger partial charge in [-0.15, -0.1) is 11.3 Å². The second-order valence-corrected chi connectivity index (χ2v) is 7.83. The van der Waals surface area contributed by atoms with Crippen molar-refractivity contribution in [3.8, 4) is 0 Å². The summed E-state index contributed by atoms with van der Waals surface area (Å²) in [6.45, 7) is 3.46.